The molecule has 9 heteroatoms. The highest BCUT2D eigenvalue weighted by atomic mass is 35.5. The van der Waals surface area contributed by atoms with Gasteiger partial charge in [0.2, 0.25) is 0 Å². The van der Waals surface area contributed by atoms with E-state index >= 15 is 0 Å². The van der Waals surface area contributed by atoms with Gasteiger partial charge in [-0.15, -0.1) is 0 Å². The van der Waals surface area contributed by atoms with Crippen LogP contribution in [0.3, 0.4) is 0 Å². The van der Waals surface area contributed by atoms with Crippen molar-refractivity contribution in [2.24, 2.45) is 5.92 Å². The molecule has 2 aromatic heterocycles. The molecule has 4 heterocycles. The van der Waals surface area contributed by atoms with E-state index in [4.69, 9.17) is 21.3 Å². The third-order valence-corrected chi connectivity index (χ3v) is 8.12. The van der Waals surface area contributed by atoms with Crippen molar-refractivity contribution in [2.75, 3.05) is 24.6 Å². The van der Waals surface area contributed by atoms with Crippen LogP contribution in [0.5, 0.6) is 0 Å². The van der Waals surface area contributed by atoms with Crippen molar-refractivity contribution in [3.8, 4) is 0 Å². The Kier molecular flexibility index (Phi) is 7.61. The third kappa shape index (κ3) is 5.42. The van der Waals surface area contributed by atoms with E-state index in [2.05, 4.69) is 64.2 Å². The number of benzene rings is 1. The maximum absolute atomic E-state index is 12.8. The number of nitrogens with zero attached hydrogens (tertiary/aromatic N) is 5. The van der Waals surface area contributed by atoms with Crippen LogP contribution >= 0.6 is 11.6 Å². The Hall–Kier alpha value is -2.42. The van der Waals surface area contributed by atoms with Gasteiger partial charge in [0.1, 0.15) is 17.0 Å². The fraction of sp³-hybridized carbons (Fsp3) is 0.607. The summed E-state index contributed by atoms with van der Waals surface area (Å²) in [7, 11) is 0. The zero-order valence-electron chi connectivity index (χ0n) is 22.6. The van der Waals surface area contributed by atoms with Gasteiger partial charge in [-0.1, -0.05) is 37.6 Å². The van der Waals surface area contributed by atoms with E-state index < -0.39 is 0 Å². The van der Waals surface area contributed by atoms with Gasteiger partial charge >= 0.3 is 5.69 Å². The van der Waals surface area contributed by atoms with E-state index in [1.165, 1.54) is 5.56 Å². The topological polar surface area (TPSA) is 79.3 Å². The summed E-state index contributed by atoms with van der Waals surface area (Å²) in [5.41, 5.74) is 2.46. The molecule has 2 saturated heterocycles. The number of imidazole rings is 1. The average Bonchev–Trinajstić information content (AvgIpc) is 3.47. The van der Waals surface area contributed by atoms with E-state index in [0.29, 0.717) is 24.3 Å². The van der Waals surface area contributed by atoms with Gasteiger partial charge in [0.15, 0.2) is 5.82 Å². The number of hydrogen-bond donors (Lipinski definition) is 1. The zero-order valence-corrected chi connectivity index (χ0v) is 23.3. The quantitative estimate of drug-likeness (QED) is 0.469. The van der Waals surface area contributed by atoms with Crippen molar-refractivity contribution in [2.45, 2.75) is 84.7 Å². The number of piperazine rings is 1. The number of H-pyrrole nitrogens is 1. The van der Waals surface area contributed by atoms with Gasteiger partial charge in [0.05, 0.1) is 12.6 Å². The summed E-state index contributed by atoms with van der Waals surface area (Å²) < 4.78 is 7.95. The first-order valence-corrected chi connectivity index (χ1v) is 14.0. The molecule has 0 radical (unpaired) electrons. The average molecular weight is 527 g/mol. The van der Waals surface area contributed by atoms with Crippen molar-refractivity contribution >= 4 is 28.6 Å². The highest BCUT2D eigenvalue weighted by Crippen LogP contribution is 2.35. The minimum absolute atomic E-state index is 0.157. The molecule has 1 unspecified atom stereocenters. The van der Waals surface area contributed by atoms with Gasteiger partial charge in [0, 0.05) is 42.8 Å². The highest BCUT2D eigenvalue weighted by molar-refractivity contribution is 6.30. The van der Waals surface area contributed by atoms with Gasteiger partial charge in [-0.25, -0.2) is 9.78 Å². The fourth-order valence-corrected chi connectivity index (χ4v) is 6.14. The molecule has 8 nitrogen and oxygen atoms in total. The molecule has 1 N–H and O–H groups in total. The van der Waals surface area contributed by atoms with Crippen LogP contribution in [-0.4, -0.2) is 62.3 Å². The second-order valence-corrected chi connectivity index (χ2v) is 11.6. The molecule has 5 rings (SSSR count). The van der Waals surface area contributed by atoms with Crippen LogP contribution in [0.25, 0.3) is 11.2 Å². The number of aromatic amines is 1. The first-order chi connectivity index (χ1) is 17.7. The lowest BCUT2D eigenvalue weighted by Gasteiger charge is -2.48. The van der Waals surface area contributed by atoms with Gasteiger partial charge in [-0.3, -0.25) is 9.88 Å². The van der Waals surface area contributed by atoms with Crippen LogP contribution in [0.1, 0.15) is 64.4 Å². The molecule has 0 aliphatic carbocycles. The molecule has 37 heavy (non-hydrogen) atoms. The Morgan fingerprint density at radius 2 is 1.89 bits per heavy atom. The summed E-state index contributed by atoms with van der Waals surface area (Å²) in [6, 6.07) is 9.02. The summed E-state index contributed by atoms with van der Waals surface area (Å²) in [6.45, 7) is 14.2. The van der Waals surface area contributed by atoms with E-state index in [9.17, 15) is 4.79 Å². The molecule has 2 fully saturated rings. The molecule has 3 aromatic rings. The van der Waals surface area contributed by atoms with Crippen molar-refractivity contribution in [1.29, 1.82) is 0 Å². The number of aromatic nitrogens is 4. The summed E-state index contributed by atoms with van der Waals surface area (Å²) in [6.07, 6.45) is 3.33. The zero-order chi connectivity index (χ0) is 26.3. The molecule has 0 amide bonds. The first kappa shape index (κ1) is 26.2. The molecule has 2 aliphatic rings. The molecule has 200 valence electrons. The predicted octanol–water partition coefficient (Wildman–Crippen LogP) is 4.95. The van der Waals surface area contributed by atoms with E-state index in [-0.39, 0.29) is 23.9 Å². The summed E-state index contributed by atoms with van der Waals surface area (Å²) in [5, 5.41) is 0.761. The summed E-state index contributed by atoms with van der Waals surface area (Å²) >= 11 is 6.20. The molecule has 4 atom stereocenters. The van der Waals surface area contributed by atoms with Gasteiger partial charge in [-0.2, -0.15) is 4.98 Å². The lowest BCUT2D eigenvalue weighted by molar-refractivity contribution is 0.0960. The number of ether oxygens (including phenoxy) is 1. The Balaban J connectivity index is 1.45. The van der Waals surface area contributed by atoms with Gasteiger partial charge in [-0.05, 0) is 63.6 Å². The summed E-state index contributed by atoms with van der Waals surface area (Å²) in [5.74, 6) is 2.11. The lowest BCUT2D eigenvalue weighted by Crippen LogP contribution is -2.58. The van der Waals surface area contributed by atoms with Crippen molar-refractivity contribution in [1.82, 2.24) is 24.4 Å². The molecule has 2 aliphatic heterocycles. The predicted molar refractivity (Wildman–Crippen MR) is 148 cm³/mol. The molecular formula is C28H39ClN6O2. The Morgan fingerprint density at radius 3 is 2.57 bits per heavy atom. The summed E-state index contributed by atoms with van der Waals surface area (Å²) in [4.78, 5) is 29.9. The van der Waals surface area contributed by atoms with Gasteiger partial charge < -0.3 is 14.2 Å². The standard InChI is InChI=1S/C28H39ClN6O2/c1-17(2)13-24(21-8-10-22(29)11-9-21)33-14-19(4)34(15-18(33)3)26-25-27(32-28(36)31-26)35(20(5)30-25)16-23-7-6-12-37-23/h8-11,17-19,23-24H,6-7,12-16H2,1-5H3,(H,31,32,36)/t18-,19+,23+,24?/m1/s1. The largest absolute Gasteiger partial charge is 0.376 e. The van der Waals surface area contributed by atoms with Crippen LogP contribution in [-0.2, 0) is 11.3 Å². The van der Waals surface area contributed by atoms with E-state index in [1.807, 2.05) is 19.1 Å². The van der Waals surface area contributed by atoms with Crippen molar-refractivity contribution in [3.05, 3.63) is 51.2 Å². The smallest absolute Gasteiger partial charge is 0.348 e. The maximum atomic E-state index is 12.8. The molecule has 0 bridgehead atoms. The molecule has 0 saturated carbocycles. The number of nitrogens with one attached hydrogen (secondary N) is 1. The number of hydrogen-bond acceptors (Lipinski definition) is 6. The first-order valence-electron chi connectivity index (χ1n) is 13.6. The highest BCUT2D eigenvalue weighted by Gasteiger charge is 2.36. The van der Waals surface area contributed by atoms with E-state index in [1.54, 1.807) is 0 Å². The van der Waals surface area contributed by atoms with Crippen LogP contribution in [0.2, 0.25) is 5.02 Å². The van der Waals surface area contributed by atoms with Crippen LogP contribution in [0.4, 0.5) is 5.82 Å². The van der Waals surface area contributed by atoms with E-state index in [0.717, 1.165) is 61.0 Å². The van der Waals surface area contributed by atoms with Gasteiger partial charge in [0.25, 0.3) is 0 Å². The minimum atomic E-state index is -0.336. The third-order valence-electron chi connectivity index (χ3n) is 7.87. The maximum Gasteiger partial charge on any atom is 0.348 e. The van der Waals surface area contributed by atoms with Crippen molar-refractivity contribution < 1.29 is 4.74 Å². The number of anilines is 1. The number of aryl methyl sites for hydroxylation is 1. The van der Waals surface area contributed by atoms with Crippen LogP contribution < -0.4 is 10.6 Å². The van der Waals surface area contributed by atoms with Crippen LogP contribution in [0, 0.1) is 12.8 Å². The van der Waals surface area contributed by atoms with Crippen LogP contribution in [0.15, 0.2) is 29.1 Å². The number of rotatable bonds is 7. The fourth-order valence-electron chi connectivity index (χ4n) is 6.02. The monoisotopic (exact) mass is 526 g/mol. The number of halogens is 1. The molecular weight excluding hydrogens is 488 g/mol. The minimum Gasteiger partial charge on any atom is -0.376 e. The molecule has 0 spiro atoms. The Bertz CT molecular complexity index is 1280. The second kappa shape index (κ2) is 10.8. The van der Waals surface area contributed by atoms with Crippen molar-refractivity contribution in [3.63, 3.8) is 0 Å². The Morgan fingerprint density at radius 1 is 1.14 bits per heavy atom. The Labute approximate surface area is 224 Å². The number of fused-ring (bicyclic) bond motifs is 1. The molecule has 1 aromatic carbocycles. The SMILES string of the molecule is Cc1nc2c(N3C[C@@H](C)N(C(CC(C)C)c4ccc(Cl)cc4)C[C@@H]3C)nc(=O)[nH]c2n1C[C@@H]1CCCO1. The normalized spacial score (nSPS) is 23.9. The lowest BCUT2D eigenvalue weighted by atomic mass is 9.92. The second-order valence-electron chi connectivity index (χ2n) is 11.2.